The summed E-state index contributed by atoms with van der Waals surface area (Å²) in [5.74, 6) is 1.25. The Morgan fingerprint density at radius 3 is 2.29 bits per heavy atom. The van der Waals surface area contributed by atoms with Crippen LogP contribution in [0.25, 0.3) is 0 Å². The minimum absolute atomic E-state index is 0.00556. The van der Waals surface area contributed by atoms with Crippen molar-refractivity contribution < 1.29 is 14.3 Å². The molecule has 1 N–H and O–H groups in total. The molecule has 0 saturated heterocycles. The van der Waals surface area contributed by atoms with Crippen LogP contribution in [0.15, 0.2) is 42.5 Å². The van der Waals surface area contributed by atoms with Crippen molar-refractivity contribution in [1.82, 2.24) is 0 Å². The summed E-state index contributed by atoms with van der Waals surface area (Å²) in [6.07, 6.45) is 0.243. The van der Waals surface area contributed by atoms with E-state index < -0.39 is 0 Å². The molecule has 0 fully saturated rings. The molecule has 0 aliphatic carbocycles. The summed E-state index contributed by atoms with van der Waals surface area (Å²) in [5.41, 5.74) is 2.66. The zero-order valence-corrected chi connectivity index (χ0v) is 15.0. The summed E-state index contributed by atoms with van der Waals surface area (Å²) in [6, 6.07) is 13.4. The van der Waals surface area contributed by atoms with Crippen LogP contribution in [0.2, 0.25) is 0 Å². The fraction of sp³-hybridized carbons (Fsp3) is 0.350. The molecular weight excluding hydrogens is 302 g/mol. The first-order valence-corrected chi connectivity index (χ1v) is 7.95. The Labute approximate surface area is 143 Å². The molecule has 2 aromatic rings. The third-order valence-electron chi connectivity index (χ3n) is 3.88. The first-order valence-electron chi connectivity index (χ1n) is 7.95. The Morgan fingerprint density at radius 2 is 1.67 bits per heavy atom. The highest BCUT2D eigenvalue weighted by Crippen LogP contribution is 2.31. The van der Waals surface area contributed by atoms with E-state index in [1.807, 2.05) is 42.5 Å². The number of rotatable bonds is 5. The average Bonchev–Trinajstić information content (AvgIpc) is 2.54. The quantitative estimate of drug-likeness (QED) is 0.896. The number of anilines is 1. The fourth-order valence-corrected chi connectivity index (χ4v) is 2.49. The Kier molecular flexibility index (Phi) is 5.50. The van der Waals surface area contributed by atoms with Crippen molar-refractivity contribution >= 4 is 11.6 Å². The van der Waals surface area contributed by atoms with Gasteiger partial charge in [-0.1, -0.05) is 45.0 Å². The van der Waals surface area contributed by atoms with E-state index in [4.69, 9.17) is 9.47 Å². The lowest BCUT2D eigenvalue weighted by Crippen LogP contribution is -2.17. The van der Waals surface area contributed by atoms with Gasteiger partial charge in [0.2, 0.25) is 5.91 Å². The van der Waals surface area contributed by atoms with E-state index in [9.17, 15) is 4.79 Å². The molecule has 24 heavy (non-hydrogen) atoms. The Balaban J connectivity index is 2.21. The van der Waals surface area contributed by atoms with Crippen molar-refractivity contribution in [1.29, 1.82) is 0 Å². The van der Waals surface area contributed by atoms with Crippen LogP contribution in [0.1, 0.15) is 31.9 Å². The van der Waals surface area contributed by atoms with Crippen LogP contribution in [0.3, 0.4) is 0 Å². The lowest BCUT2D eigenvalue weighted by Gasteiger charge is -2.21. The maximum atomic E-state index is 12.5. The van der Waals surface area contributed by atoms with E-state index in [1.54, 1.807) is 14.2 Å². The van der Waals surface area contributed by atoms with Crippen molar-refractivity contribution in [3.05, 3.63) is 53.6 Å². The number of methoxy groups -OCH3 is 2. The minimum Gasteiger partial charge on any atom is -0.496 e. The molecule has 1 amide bonds. The van der Waals surface area contributed by atoms with E-state index in [0.29, 0.717) is 17.2 Å². The zero-order valence-electron chi connectivity index (χ0n) is 15.0. The third-order valence-corrected chi connectivity index (χ3v) is 3.88. The fourth-order valence-electron chi connectivity index (χ4n) is 2.49. The summed E-state index contributed by atoms with van der Waals surface area (Å²) in [4.78, 5) is 12.5. The number of ether oxygens (including phenoxy) is 2. The molecule has 2 aromatic carbocycles. The van der Waals surface area contributed by atoms with Gasteiger partial charge in [0.1, 0.15) is 11.5 Å². The Morgan fingerprint density at radius 1 is 1.00 bits per heavy atom. The van der Waals surface area contributed by atoms with E-state index >= 15 is 0 Å². The number of carbonyl (C=O) groups excluding carboxylic acids is 1. The van der Waals surface area contributed by atoms with Crippen LogP contribution < -0.4 is 14.8 Å². The van der Waals surface area contributed by atoms with Gasteiger partial charge in [0, 0.05) is 5.56 Å². The van der Waals surface area contributed by atoms with Gasteiger partial charge in [-0.2, -0.15) is 0 Å². The zero-order chi connectivity index (χ0) is 17.7. The number of para-hydroxylation sites is 1. The number of hydrogen-bond donors (Lipinski definition) is 1. The monoisotopic (exact) mass is 327 g/mol. The molecule has 0 atom stereocenters. The van der Waals surface area contributed by atoms with Crippen LogP contribution in [0.5, 0.6) is 11.5 Å². The van der Waals surface area contributed by atoms with Gasteiger partial charge >= 0.3 is 0 Å². The second-order valence-electron chi connectivity index (χ2n) is 6.70. The lowest BCUT2D eigenvalue weighted by atomic mass is 9.87. The molecule has 128 valence electrons. The highest BCUT2D eigenvalue weighted by Gasteiger charge is 2.17. The first kappa shape index (κ1) is 17.9. The van der Waals surface area contributed by atoms with Crippen molar-refractivity contribution in [2.75, 3.05) is 19.5 Å². The molecule has 0 heterocycles. The van der Waals surface area contributed by atoms with E-state index in [0.717, 1.165) is 11.1 Å². The maximum absolute atomic E-state index is 12.5. The van der Waals surface area contributed by atoms with E-state index in [1.165, 1.54) is 0 Å². The van der Waals surface area contributed by atoms with Gasteiger partial charge in [-0.15, -0.1) is 0 Å². The summed E-state index contributed by atoms with van der Waals surface area (Å²) in [7, 11) is 3.20. The summed E-state index contributed by atoms with van der Waals surface area (Å²) < 4.78 is 10.7. The number of hydrogen-bond acceptors (Lipinski definition) is 3. The first-order chi connectivity index (χ1) is 11.3. The molecule has 0 saturated carbocycles. The predicted molar refractivity (Wildman–Crippen MR) is 97.0 cm³/mol. The summed E-state index contributed by atoms with van der Waals surface area (Å²) in [6.45, 7) is 6.40. The standard InChI is InChI=1S/C20H25NO3/c1-20(2,3)15-10-11-18(24-5)16(13-15)21-19(22)12-14-8-6-7-9-17(14)23-4/h6-11,13H,12H2,1-5H3,(H,21,22). The minimum atomic E-state index is -0.108. The molecule has 0 bridgehead atoms. The summed E-state index contributed by atoms with van der Waals surface area (Å²) in [5, 5.41) is 2.95. The van der Waals surface area contributed by atoms with Crippen LogP contribution in [-0.2, 0) is 16.6 Å². The molecule has 0 aliphatic heterocycles. The van der Waals surface area contributed by atoms with Gasteiger partial charge < -0.3 is 14.8 Å². The predicted octanol–water partition coefficient (Wildman–Crippen LogP) is 4.18. The Bertz CT molecular complexity index is 717. The molecular formula is C20H25NO3. The van der Waals surface area contributed by atoms with Crippen molar-refractivity contribution in [2.45, 2.75) is 32.6 Å². The highest BCUT2D eigenvalue weighted by atomic mass is 16.5. The van der Waals surface area contributed by atoms with Crippen LogP contribution >= 0.6 is 0 Å². The third kappa shape index (κ3) is 4.28. The van der Waals surface area contributed by atoms with Crippen molar-refractivity contribution in [3.8, 4) is 11.5 Å². The van der Waals surface area contributed by atoms with Crippen molar-refractivity contribution in [3.63, 3.8) is 0 Å². The van der Waals surface area contributed by atoms with Crippen molar-refractivity contribution in [2.24, 2.45) is 0 Å². The van der Waals surface area contributed by atoms with Gasteiger partial charge in [-0.3, -0.25) is 4.79 Å². The van der Waals surface area contributed by atoms with Crippen LogP contribution in [-0.4, -0.2) is 20.1 Å². The van der Waals surface area contributed by atoms with E-state index in [2.05, 4.69) is 26.1 Å². The van der Waals surface area contributed by atoms with Gasteiger partial charge in [0.05, 0.1) is 26.3 Å². The van der Waals surface area contributed by atoms with Crippen LogP contribution in [0.4, 0.5) is 5.69 Å². The van der Waals surface area contributed by atoms with Gasteiger partial charge in [-0.25, -0.2) is 0 Å². The number of benzene rings is 2. The van der Waals surface area contributed by atoms with E-state index in [-0.39, 0.29) is 17.7 Å². The molecule has 4 nitrogen and oxygen atoms in total. The molecule has 0 spiro atoms. The largest absolute Gasteiger partial charge is 0.496 e. The second-order valence-corrected chi connectivity index (χ2v) is 6.70. The van der Waals surface area contributed by atoms with Gasteiger partial charge in [-0.05, 0) is 29.2 Å². The SMILES string of the molecule is COc1ccccc1CC(=O)Nc1cc(C(C)(C)C)ccc1OC. The Hall–Kier alpha value is -2.49. The van der Waals surface area contributed by atoms with Crippen LogP contribution in [0, 0.1) is 0 Å². The molecule has 0 aliphatic rings. The smallest absolute Gasteiger partial charge is 0.229 e. The molecule has 2 rings (SSSR count). The summed E-state index contributed by atoms with van der Waals surface area (Å²) >= 11 is 0. The highest BCUT2D eigenvalue weighted by molar-refractivity contribution is 5.94. The number of amides is 1. The maximum Gasteiger partial charge on any atom is 0.229 e. The number of carbonyl (C=O) groups is 1. The molecule has 0 unspecified atom stereocenters. The van der Waals surface area contributed by atoms with Gasteiger partial charge in [0.15, 0.2) is 0 Å². The van der Waals surface area contributed by atoms with Gasteiger partial charge in [0.25, 0.3) is 0 Å². The lowest BCUT2D eigenvalue weighted by molar-refractivity contribution is -0.115. The second kappa shape index (κ2) is 7.39. The topological polar surface area (TPSA) is 47.6 Å². The molecule has 0 radical (unpaired) electrons. The average molecular weight is 327 g/mol. The normalized spacial score (nSPS) is 11.0. The molecule has 4 heteroatoms. The molecule has 0 aromatic heterocycles. The number of nitrogens with one attached hydrogen (secondary N) is 1.